The number of ether oxygens (including phenoxy) is 2. The fraction of sp³-hybridized carbons (Fsp3) is 0.519. The van der Waals surface area contributed by atoms with Crippen LogP contribution in [-0.4, -0.2) is 112 Å². The van der Waals surface area contributed by atoms with Crippen molar-refractivity contribution in [2.45, 2.75) is 142 Å². The van der Waals surface area contributed by atoms with Gasteiger partial charge in [-0.05, 0) is 105 Å². The van der Waals surface area contributed by atoms with Gasteiger partial charge in [-0.3, -0.25) is 19.3 Å². The van der Waals surface area contributed by atoms with E-state index in [-0.39, 0.29) is 63.2 Å². The molecule has 16 heteroatoms. The van der Waals surface area contributed by atoms with E-state index in [1.54, 1.807) is 37.6 Å². The highest BCUT2D eigenvalue weighted by atomic mass is 32.1. The first kappa shape index (κ1) is 52.7. The highest BCUT2D eigenvalue weighted by molar-refractivity contribution is 7.13. The van der Waals surface area contributed by atoms with Gasteiger partial charge in [0.05, 0.1) is 40.9 Å². The number of rotatable bonds is 20. The number of halogens is 3. The van der Waals surface area contributed by atoms with Gasteiger partial charge in [0.1, 0.15) is 41.7 Å². The number of β-amino-alcohol motifs (C(OH)–C–C–N with tert-alkyl or cyclic N) is 1. The molecule has 1 fully saturated rings. The zero-order chi connectivity index (χ0) is 50.5. The first-order valence-electron chi connectivity index (χ1n) is 24.4. The van der Waals surface area contributed by atoms with E-state index in [2.05, 4.69) is 15.6 Å². The van der Waals surface area contributed by atoms with Crippen LogP contribution in [0.3, 0.4) is 0 Å². The third-order valence-corrected chi connectivity index (χ3v) is 14.4. The van der Waals surface area contributed by atoms with Gasteiger partial charge in [0.25, 0.3) is 0 Å². The number of benzene rings is 3. The van der Waals surface area contributed by atoms with Crippen molar-refractivity contribution in [3.63, 3.8) is 0 Å². The minimum Gasteiger partial charge on any atom is -0.493 e. The highest BCUT2D eigenvalue weighted by Crippen LogP contribution is 2.50. The van der Waals surface area contributed by atoms with Crippen LogP contribution in [0.25, 0.3) is 16.0 Å². The number of aromatic nitrogens is 1. The molecule has 378 valence electrons. The number of hydrogen-bond acceptors (Lipinski definition) is 10. The molecule has 0 saturated carbocycles. The SMILES string of the molecule is Cc1ncsc1-c1ccc(CNC(=O)[C@@H]2C[C@@H](O)CN2C(=O)[C@@H](NC(=O)COCCCC(O)CCCOc2cc(F)c(C3C4=C(C[C@@H](C)N3CC(C)(C)F)c3ccccc3C4)c(F)c2)C(C)(C)C)cc1. The smallest absolute Gasteiger partial charge is 0.246 e. The summed E-state index contributed by atoms with van der Waals surface area (Å²) in [5.74, 6) is -2.89. The molecule has 6 atom stereocenters. The minimum absolute atomic E-state index is 0.0105. The molecule has 3 heterocycles. The van der Waals surface area contributed by atoms with Gasteiger partial charge in [-0.15, -0.1) is 11.3 Å². The molecule has 4 aromatic rings. The monoisotopic (exact) mass is 987 g/mol. The summed E-state index contributed by atoms with van der Waals surface area (Å²) >= 11 is 1.56. The lowest BCUT2D eigenvalue weighted by Gasteiger charge is -2.44. The van der Waals surface area contributed by atoms with Gasteiger partial charge in [0, 0.05) is 56.4 Å². The third-order valence-electron chi connectivity index (χ3n) is 13.4. The van der Waals surface area contributed by atoms with Gasteiger partial charge in [-0.25, -0.2) is 18.2 Å². The van der Waals surface area contributed by atoms with Gasteiger partial charge in [-0.1, -0.05) is 69.3 Å². The van der Waals surface area contributed by atoms with E-state index in [0.29, 0.717) is 38.5 Å². The molecule has 1 saturated heterocycles. The van der Waals surface area contributed by atoms with Crippen LogP contribution < -0.4 is 15.4 Å². The van der Waals surface area contributed by atoms with Crippen molar-refractivity contribution < 1.29 is 47.2 Å². The van der Waals surface area contributed by atoms with E-state index in [1.807, 2.05) is 67.3 Å². The second kappa shape index (κ2) is 22.5. The van der Waals surface area contributed by atoms with E-state index >= 15 is 13.2 Å². The Hall–Kier alpha value is -5.13. The summed E-state index contributed by atoms with van der Waals surface area (Å²) in [7, 11) is 0. The molecule has 3 aromatic carbocycles. The molecule has 1 aromatic heterocycles. The van der Waals surface area contributed by atoms with Crippen molar-refractivity contribution in [2.75, 3.05) is 32.9 Å². The van der Waals surface area contributed by atoms with Gasteiger partial charge >= 0.3 is 0 Å². The number of carbonyl (C=O) groups is 3. The molecular weight excluding hydrogens is 920 g/mol. The average Bonchev–Trinajstić information content (AvgIpc) is 4.02. The van der Waals surface area contributed by atoms with E-state index in [9.17, 15) is 24.6 Å². The van der Waals surface area contributed by atoms with Crippen molar-refractivity contribution in [2.24, 2.45) is 5.41 Å². The van der Waals surface area contributed by atoms with Crippen LogP contribution in [0.4, 0.5) is 13.2 Å². The number of likely N-dealkylation sites (tertiary alicyclic amines) is 1. The van der Waals surface area contributed by atoms with Gasteiger partial charge < -0.3 is 35.2 Å². The fourth-order valence-electron chi connectivity index (χ4n) is 9.97. The van der Waals surface area contributed by atoms with Crippen LogP contribution >= 0.6 is 11.3 Å². The number of carbonyl (C=O) groups excluding carboxylic acids is 3. The molecule has 7 rings (SSSR count). The lowest BCUT2D eigenvalue weighted by molar-refractivity contribution is -0.144. The summed E-state index contributed by atoms with van der Waals surface area (Å²) in [6, 6.07) is 15.3. The number of nitrogens with one attached hydrogen (secondary N) is 2. The first-order chi connectivity index (χ1) is 33.2. The van der Waals surface area contributed by atoms with E-state index in [4.69, 9.17) is 9.47 Å². The predicted octanol–water partition coefficient (Wildman–Crippen LogP) is 8.42. The maximum Gasteiger partial charge on any atom is 0.246 e. The average molecular weight is 988 g/mol. The van der Waals surface area contributed by atoms with Gasteiger partial charge in [0.2, 0.25) is 17.7 Å². The second-order valence-electron chi connectivity index (χ2n) is 20.8. The van der Waals surface area contributed by atoms with Crippen LogP contribution in [0, 0.1) is 24.0 Å². The van der Waals surface area contributed by atoms with E-state index < -0.39 is 70.8 Å². The molecule has 0 spiro atoms. The molecule has 12 nitrogen and oxygen atoms in total. The van der Waals surface area contributed by atoms with Gasteiger partial charge in [-0.2, -0.15) is 0 Å². The number of hydrogen-bond donors (Lipinski definition) is 4. The Kier molecular flexibility index (Phi) is 17.0. The van der Waals surface area contributed by atoms with E-state index in [0.717, 1.165) is 44.0 Å². The minimum atomic E-state index is -1.59. The maximum absolute atomic E-state index is 16.1. The molecule has 4 N–H and O–H groups in total. The Balaban J connectivity index is 0.836. The highest BCUT2D eigenvalue weighted by Gasteiger charge is 2.45. The summed E-state index contributed by atoms with van der Waals surface area (Å²) in [6.07, 6.45) is 1.22. The number of nitrogens with zero attached hydrogens (tertiary/aromatic N) is 3. The molecule has 2 aliphatic heterocycles. The molecule has 70 heavy (non-hydrogen) atoms. The van der Waals surface area contributed by atoms with Crippen molar-refractivity contribution in [1.82, 2.24) is 25.4 Å². The second-order valence-corrected chi connectivity index (χ2v) is 21.6. The lowest BCUT2D eigenvalue weighted by Crippen LogP contribution is -2.58. The Morgan fingerprint density at radius 2 is 1.67 bits per heavy atom. The fourth-order valence-corrected chi connectivity index (χ4v) is 10.8. The molecule has 3 aliphatic rings. The summed E-state index contributed by atoms with van der Waals surface area (Å²) in [4.78, 5) is 49.2. The van der Waals surface area contributed by atoms with Crippen molar-refractivity contribution >= 4 is 34.6 Å². The number of thiazole rings is 1. The molecule has 0 bridgehead atoms. The molecule has 1 aliphatic carbocycles. The summed E-state index contributed by atoms with van der Waals surface area (Å²) in [5, 5.41) is 26.9. The molecule has 0 radical (unpaired) electrons. The summed E-state index contributed by atoms with van der Waals surface area (Å²) in [6.45, 7) is 12.4. The van der Waals surface area contributed by atoms with Crippen molar-refractivity contribution in [3.8, 4) is 16.2 Å². The van der Waals surface area contributed by atoms with Crippen LogP contribution in [0.15, 0.2) is 71.7 Å². The number of aliphatic hydroxyl groups is 2. The maximum atomic E-state index is 16.1. The largest absolute Gasteiger partial charge is 0.493 e. The van der Waals surface area contributed by atoms with Crippen LogP contribution in [0.2, 0.25) is 0 Å². The third kappa shape index (κ3) is 12.8. The van der Waals surface area contributed by atoms with Crippen LogP contribution in [0.5, 0.6) is 5.75 Å². The van der Waals surface area contributed by atoms with Gasteiger partial charge in [0.15, 0.2) is 0 Å². The Morgan fingerprint density at radius 3 is 2.33 bits per heavy atom. The summed E-state index contributed by atoms with van der Waals surface area (Å²) < 4.78 is 58.8. The van der Waals surface area contributed by atoms with E-state index in [1.165, 1.54) is 30.9 Å². The number of alkyl halides is 1. The standard InChI is InChI=1S/C54H68F3N5O7S/c1-32-22-41-40-15-9-8-12-36(40)23-42(41)48(62(32)30-54(6,7)57)47-43(55)25-39(26-44(47)56)69-21-11-14-37(63)13-10-20-68-29-46(65)60-50(53(3,4)5)52(67)61-28-38(64)24-45(61)51(66)58-27-34-16-18-35(19-17-34)49-33(2)59-31-70-49/h8-9,12,15-19,25-26,31-32,37-38,45,48,50,63-64H,10-11,13-14,20-24,27-30H2,1-7H3,(H,58,66)(H,60,65)/t32-,37?,38-,45+,48?,50-/m1/s1. The zero-order valence-corrected chi connectivity index (χ0v) is 42.1. The van der Waals surface area contributed by atoms with Crippen LogP contribution in [0.1, 0.15) is 114 Å². The van der Waals surface area contributed by atoms with Crippen molar-refractivity contribution in [1.29, 1.82) is 0 Å². The normalized spacial score (nSPS) is 20.3. The number of amides is 3. The summed E-state index contributed by atoms with van der Waals surface area (Å²) in [5.41, 5.74) is 6.37. The number of aryl methyl sites for hydroxylation is 1. The number of aliphatic hydroxyl groups excluding tert-OH is 2. The Bertz CT molecular complexity index is 2500. The lowest BCUT2D eigenvalue weighted by atomic mass is 9.84. The predicted molar refractivity (Wildman–Crippen MR) is 265 cm³/mol. The van der Waals surface area contributed by atoms with Crippen molar-refractivity contribution in [3.05, 3.63) is 111 Å². The van der Waals surface area contributed by atoms with Crippen LogP contribution in [-0.2, 0) is 32.1 Å². The molecule has 3 amide bonds. The number of fused-ring (bicyclic) bond motifs is 2. The zero-order valence-electron chi connectivity index (χ0n) is 41.3. The first-order valence-corrected chi connectivity index (χ1v) is 25.2. The topological polar surface area (TPSA) is 154 Å². The molecule has 2 unspecified atom stereocenters. The Morgan fingerprint density at radius 1 is 0.986 bits per heavy atom. The molecular formula is C54H68F3N5O7S. The Labute approximate surface area is 413 Å². The quantitative estimate of drug-likeness (QED) is 0.0640.